The van der Waals surface area contributed by atoms with Crippen molar-refractivity contribution in [2.45, 2.75) is 32.4 Å². The number of alkyl halides is 3. The highest BCUT2D eigenvalue weighted by atomic mass is 35.5. The minimum atomic E-state index is -4.43. The molecule has 0 fully saturated rings. The van der Waals surface area contributed by atoms with Crippen LogP contribution >= 0.6 is 11.6 Å². The van der Waals surface area contributed by atoms with Gasteiger partial charge in [0.25, 0.3) is 0 Å². The fraction of sp³-hybridized carbons (Fsp3) is 0.778. The number of halogens is 4. The van der Waals surface area contributed by atoms with E-state index in [1.807, 2.05) is 6.92 Å². The number of hydrogen-bond donors (Lipinski definition) is 1. The molecule has 0 spiro atoms. The van der Waals surface area contributed by atoms with Gasteiger partial charge in [0.1, 0.15) is 5.03 Å². The lowest BCUT2D eigenvalue weighted by atomic mass is 10.0. The minimum Gasteiger partial charge on any atom is -0.396 e. The van der Waals surface area contributed by atoms with Crippen molar-refractivity contribution in [2.75, 3.05) is 6.61 Å². The minimum absolute atomic E-state index is 0.0673. The topological polar surface area (TPSA) is 20.2 Å². The van der Waals surface area contributed by atoms with E-state index in [2.05, 4.69) is 0 Å². The molecule has 1 N–H and O–H groups in total. The Morgan fingerprint density at radius 2 is 2.00 bits per heavy atom. The SMILES string of the molecule is CC(CCO)CC/C=C(/Cl)C(F)(F)F. The number of aliphatic hydroxyl groups excluding tert-OH is 1. The van der Waals surface area contributed by atoms with E-state index in [0.717, 1.165) is 6.08 Å². The van der Waals surface area contributed by atoms with Crippen LogP contribution in [0.4, 0.5) is 13.2 Å². The molecule has 0 radical (unpaired) electrons. The summed E-state index contributed by atoms with van der Waals surface area (Å²) in [4.78, 5) is 0. The molecule has 1 nitrogen and oxygen atoms in total. The summed E-state index contributed by atoms with van der Waals surface area (Å²) in [5, 5.41) is 7.49. The predicted octanol–water partition coefficient (Wildman–Crippen LogP) is 3.47. The number of rotatable bonds is 5. The molecule has 0 aromatic rings. The monoisotopic (exact) mass is 230 g/mol. The molecule has 1 atom stereocenters. The summed E-state index contributed by atoms with van der Waals surface area (Å²) >= 11 is 5.00. The summed E-state index contributed by atoms with van der Waals surface area (Å²) in [7, 11) is 0. The molecule has 0 saturated carbocycles. The quantitative estimate of drug-likeness (QED) is 0.767. The molecule has 0 aromatic heterocycles. The fourth-order valence-electron chi connectivity index (χ4n) is 0.975. The molecule has 0 heterocycles. The molecule has 0 aromatic carbocycles. The smallest absolute Gasteiger partial charge is 0.396 e. The van der Waals surface area contributed by atoms with E-state index in [1.165, 1.54) is 0 Å². The van der Waals surface area contributed by atoms with Crippen LogP contribution in [0.15, 0.2) is 11.1 Å². The Morgan fingerprint density at radius 3 is 2.43 bits per heavy atom. The van der Waals surface area contributed by atoms with Crippen molar-refractivity contribution in [3.63, 3.8) is 0 Å². The summed E-state index contributed by atoms with van der Waals surface area (Å²) in [6, 6.07) is 0. The first-order chi connectivity index (χ1) is 6.38. The van der Waals surface area contributed by atoms with Crippen LogP contribution < -0.4 is 0 Å². The van der Waals surface area contributed by atoms with Crippen molar-refractivity contribution < 1.29 is 18.3 Å². The third kappa shape index (κ3) is 6.27. The summed E-state index contributed by atoms with van der Waals surface area (Å²) in [6.07, 6.45) is -1.94. The first kappa shape index (κ1) is 13.8. The van der Waals surface area contributed by atoms with E-state index in [1.54, 1.807) is 0 Å². The second-order valence-electron chi connectivity index (χ2n) is 3.24. The fourth-order valence-corrected chi connectivity index (χ4v) is 1.08. The highest BCUT2D eigenvalue weighted by Gasteiger charge is 2.31. The second kappa shape index (κ2) is 6.30. The van der Waals surface area contributed by atoms with Crippen LogP contribution in [0.2, 0.25) is 0 Å². The van der Waals surface area contributed by atoms with Gasteiger partial charge >= 0.3 is 6.18 Å². The molecule has 0 aliphatic rings. The van der Waals surface area contributed by atoms with Crippen molar-refractivity contribution in [1.29, 1.82) is 0 Å². The van der Waals surface area contributed by atoms with Gasteiger partial charge in [-0.15, -0.1) is 0 Å². The zero-order valence-corrected chi connectivity index (χ0v) is 8.70. The standard InChI is InChI=1S/C9H14ClF3O/c1-7(5-6-14)3-2-4-8(10)9(11,12)13/h4,7,14H,2-3,5-6H2,1H3/b8-4+. The molecule has 1 unspecified atom stereocenters. The zero-order valence-electron chi connectivity index (χ0n) is 7.94. The van der Waals surface area contributed by atoms with Gasteiger partial charge in [0.2, 0.25) is 0 Å². The summed E-state index contributed by atoms with van der Waals surface area (Å²) in [6.45, 7) is 1.95. The number of hydrogen-bond acceptors (Lipinski definition) is 1. The Kier molecular flexibility index (Phi) is 6.20. The second-order valence-corrected chi connectivity index (χ2v) is 3.65. The molecule has 0 saturated heterocycles. The molecule has 5 heteroatoms. The third-order valence-electron chi connectivity index (χ3n) is 1.88. The van der Waals surface area contributed by atoms with Crippen LogP contribution in [0, 0.1) is 5.92 Å². The molecule has 84 valence electrons. The highest BCUT2D eigenvalue weighted by Crippen LogP contribution is 2.29. The van der Waals surface area contributed by atoms with Crippen molar-refractivity contribution in [3.05, 3.63) is 11.1 Å². The predicted molar refractivity (Wildman–Crippen MR) is 50.1 cm³/mol. The molecular weight excluding hydrogens is 217 g/mol. The molecular formula is C9H14ClF3O. The average molecular weight is 231 g/mol. The maximum atomic E-state index is 11.9. The lowest BCUT2D eigenvalue weighted by Gasteiger charge is -2.08. The van der Waals surface area contributed by atoms with Gasteiger partial charge in [-0.1, -0.05) is 24.6 Å². The largest absolute Gasteiger partial charge is 0.426 e. The first-order valence-electron chi connectivity index (χ1n) is 4.41. The van der Waals surface area contributed by atoms with Crippen LogP contribution in [-0.4, -0.2) is 17.9 Å². The van der Waals surface area contributed by atoms with Crippen molar-refractivity contribution in [1.82, 2.24) is 0 Å². The number of aliphatic hydroxyl groups is 1. The average Bonchev–Trinajstić information content (AvgIpc) is 2.02. The van der Waals surface area contributed by atoms with Crippen LogP contribution in [0.25, 0.3) is 0 Å². The maximum absolute atomic E-state index is 11.9. The highest BCUT2D eigenvalue weighted by molar-refractivity contribution is 6.30. The van der Waals surface area contributed by atoms with Gasteiger partial charge in [-0.3, -0.25) is 0 Å². The first-order valence-corrected chi connectivity index (χ1v) is 4.79. The van der Waals surface area contributed by atoms with E-state index in [0.29, 0.717) is 19.3 Å². The zero-order chi connectivity index (χ0) is 11.2. The summed E-state index contributed by atoms with van der Waals surface area (Å²) in [5.74, 6) is 0.217. The van der Waals surface area contributed by atoms with Gasteiger partial charge < -0.3 is 5.11 Å². The molecule has 0 rings (SSSR count). The van der Waals surface area contributed by atoms with Gasteiger partial charge in [-0.2, -0.15) is 13.2 Å². The molecule has 0 aliphatic heterocycles. The van der Waals surface area contributed by atoms with Crippen LogP contribution in [0.3, 0.4) is 0 Å². The van der Waals surface area contributed by atoms with Crippen LogP contribution in [0.1, 0.15) is 26.2 Å². The van der Waals surface area contributed by atoms with Gasteiger partial charge in [-0.05, 0) is 25.2 Å². The van der Waals surface area contributed by atoms with Crippen LogP contribution in [0.5, 0.6) is 0 Å². The van der Waals surface area contributed by atoms with Crippen molar-refractivity contribution in [2.24, 2.45) is 5.92 Å². The summed E-state index contributed by atoms with van der Waals surface area (Å²) in [5.41, 5.74) is 0. The lowest BCUT2D eigenvalue weighted by molar-refractivity contribution is -0.0847. The Bertz CT molecular complexity index is 189. The van der Waals surface area contributed by atoms with Gasteiger partial charge in [0.15, 0.2) is 0 Å². The van der Waals surface area contributed by atoms with E-state index in [9.17, 15) is 13.2 Å². The Hall–Kier alpha value is -0.220. The van der Waals surface area contributed by atoms with Gasteiger partial charge in [0, 0.05) is 6.61 Å². The van der Waals surface area contributed by atoms with Gasteiger partial charge in [0.05, 0.1) is 0 Å². The summed E-state index contributed by atoms with van der Waals surface area (Å²) < 4.78 is 35.6. The van der Waals surface area contributed by atoms with E-state index in [-0.39, 0.29) is 12.5 Å². The normalized spacial score (nSPS) is 15.7. The van der Waals surface area contributed by atoms with Crippen molar-refractivity contribution >= 4 is 11.6 Å². The molecule has 0 amide bonds. The third-order valence-corrected chi connectivity index (χ3v) is 2.24. The van der Waals surface area contributed by atoms with Crippen LogP contribution in [-0.2, 0) is 0 Å². The van der Waals surface area contributed by atoms with E-state index < -0.39 is 11.2 Å². The van der Waals surface area contributed by atoms with E-state index in [4.69, 9.17) is 16.7 Å². The Labute approximate surface area is 86.6 Å². The Morgan fingerprint density at radius 1 is 1.43 bits per heavy atom. The maximum Gasteiger partial charge on any atom is 0.426 e. The van der Waals surface area contributed by atoms with E-state index >= 15 is 0 Å². The lowest BCUT2D eigenvalue weighted by Crippen LogP contribution is -2.07. The molecule has 0 aliphatic carbocycles. The molecule has 14 heavy (non-hydrogen) atoms. The Balaban J connectivity index is 3.82. The molecule has 0 bridgehead atoms. The van der Waals surface area contributed by atoms with Gasteiger partial charge in [-0.25, -0.2) is 0 Å². The number of allylic oxidation sites excluding steroid dienone is 2. The van der Waals surface area contributed by atoms with Crippen molar-refractivity contribution in [3.8, 4) is 0 Å².